The van der Waals surface area contributed by atoms with Gasteiger partial charge in [0, 0.05) is 28.8 Å². The number of carbonyl (C=O) groups excluding carboxylic acids is 1. The summed E-state index contributed by atoms with van der Waals surface area (Å²) in [6, 6.07) is 13.5. The third-order valence-electron chi connectivity index (χ3n) is 11.9. The van der Waals surface area contributed by atoms with Gasteiger partial charge in [0.2, 0.25) is 0 Å². The number of carbonyl (C=O) groups is 1. The standard InChI is InChI=1S/C50H65N.C5H12S.C2H4.CH5N.CH2O/c1-9-12-15-20-26-37-50(8,45-39-42(29-21-14-11-3)34-33-40(45)4)41(5)28-22-18-17-19-23-32-47-49(6,7)48-44-31-25-24-30-43(44)35-36-46(48)51(47)38-27-16-13-10-2;1-2-3-4-5-6;3*1-2/h9,11,17-19,22-25,28-36H,1,3,5,10,12-16,20-21,26-27,37-39H2,2,4,6-8H3;6H,2-5H2,1H3;1-2H2;2H2,1H3;1H2/b18-17+,23-19+,28-22+,42-29-,47-32-;;;;. The van der Waals surface area contributed by atoms with Crippen molar-refractivity contribution in [2.75, 3.05) is 24.2 Å². The van der Waals surface area contributed by atoms with Gasteiger partial charge in [-0.3, -0.25) is 0 Å². The Bertz CT molecular complexity index is 1840. The number of fused-ring (bicyclic) bond motifs is 3. The third kappa shape index (κ3) is 19.1. The Labute approximate surface area is 393 Å². The lowest BCUT2D eigenvalue weighted by molar-refractivity contribution is -0.0980. The molecule has 2 N–H and O–H groups in total. The van der Waals surface area contributed by atoms with Crippen molar-refractivity contribution in [2.45, 2.75) is 143 Å². The van der Waals surface area contributed by atoms with Crippen LogP contribution in [0.2, 0.25) is 0 Å². The van der Waals surface area contributed by atoms with Gasteiger partial charge in [0.1, 0.15) is 6.79 Å². The van der Waals surface area contributed by atoms with E-state index in [4.69, 9.17) is 4.79 Å². The van der Waals surface area contributed by atoms with Crippen LogP contribution in [0.4, 0.5) is 5.69 Å². The molecule has 1 unspecified atom stereocenters. The molecule has 2 aliphatic rings. The normalized spacial score (nSPS) is 16.1. The van der Waals surface area contributed by atoms with Gasteiger partial charge in [-0.2, -0.15) is 12.6 Å². The topological polar surface area (TPSA) is 46.3 Å². The number of allylic oxidation sites excluding steroid dienone is 17. The van der Waals surface area contributed by atoms with Crippen LogP contribution in [0.25, 0.3) is 10.8 Å². The fourth-order valence-electron chi connectivity index (χ4n) is 8.37. The maximum absolute atomic E-state index is 8.00. The smallest absolute Gasteiger partial charge is 0.106 e. The second-order valence-electron chi connectivity index (χ2n) is 16.7. The number of hydrogen-bond acceptors (Lipinski definition) is 4. The second-order valence-corrected chi connectivity index (χ2v) is 17.1. The summed E-state index contributed by atoms with van der Waals surface area (Å²) >= 11 is 4.05. The van der Waals surface area contributed by atoms with E-state index in [-0.39, 0.29) is 10.8 Å². The van der Waals surface area contributed by atoms with Crippen LogP contribution in [0.3, 0.4) is 0 Å². The zero-order valence-corrected chi connectivity index (χ0v) is 41.9. The van der Waals surface area contributed by atoms with E-state index >= 15 is 0 Å². The molecule has 2 aromatic carbocycles. The lowest BCUT2D eigenvalue weighted by Gasteiger charge is -2.37. The first-order valence-electron chi connectivity index (χ1n) is 23.6. The highest BCUT2D eigenvalue weighted by molar-refractivity contribution is 7.80. The first-order chi connectivity index (χ1) is 30.6. The van der Waals surface area contributed by atoms with Crippen LogP contribution in [0.15, 0.2) is 170 Å². The Balaban J connectivity index is 0.00000287. The van der Waals surface area contributed by atoms with E-state index in [1.807, 2.05) is 18.9 Å². The molecule has 0 saturated heterocycles. The number of thiol groups is 1. The minimum Gasteiger partial charge on any atom is -0.344 e. The molecule has 4 heteroatoms. The second kappa shape index (κ2) is 35.0. The molecule has 1 aliphatic heterocycles. The summed E-state index contributed by atoms with van der Waals surface area (Å²) < 4.78 is 0. The van der Waals surface area contributed by atoms with Gasteiger partial charge in [0.15, 0.2) is 0 Å². The minimum absolute atomic E-state index is 0.0787. The molecule has 63 heavy (non-hydrogen) atoms. The summed E-state index contributed by atoms with van der Waals surface area (Å²) in [6.07, 6.45) is 44.3. The lowest BCUT2D eigenvalue weighted by atomic mass is 9.67. The number of nitrogens with zero attached hydrogens (tertiary/aromatic N) is 1. The van der Waals surface area contributed by atoms with Gasteiger partial charge in [0.25, 0.3) is 0 Å². The molecule has 0 fully saturated rings. The highest BCUT2D eigenvalue weighted by atomic mass is 32.1. The Hall–Kier alpha value is -4.38. The van der Waals surface area contributed by atoms with E-state index in [1.54, 1.807) is 0 Å². The van der Waals surface area contributed by atoms with E-state index in [0.29, 0.717) is 0 Å². The predicted molar refractivity (Wildman–Crippen MR) is 290 cm³/mol. The molecule has 1 aliphatic carbocycles. The average molecular weight is 873 g/mol. The van der Waals surface area contributed by atoms with Gasteiger partial charge in [-0.1, -0.05) is 194 Å². The number of benzene rings is 2. The van der Waals surface area contributed by atoms with Gasteiger partial charge in [-0.25, -0.2) is 0 Å². The molecule has 0 bridgehead atoms. The van der Waals surface area contributed by atoms with Crippen molar-refractivity contribution < 1.29 is 4.79 Å². The summed E-state index contributed by atoms with van der Waals surface area (Å²) in [4.78, 5) is 10.6. The summed E-state index contributed by atoms with van der Waals surface area (Å²) in [5.74, 6) is 1.05. The van der Waals surface area contributed by atoms with Crippen LogP contribution in [-0.4, -0.2) is 26.1 Å². The largest absolute Gasteiger partial charge is 0.344 e. The molecule has 2 aromatic rings. The fourth-order valence-corrected chi connectivity index (χ4v) is 8.59. The van der Waals surface area contributed by atoms with Crippen LogP contribution in [-0.2, 0) is 10.2 Å². The molecule has 346 valence electrons. The number of hydrogen-bond donors (Lipinski definition) is 2. The molecular weight excluding hydrogens is 785 g/mol. The van der Waals surface area contributed by atoms with Crippen LogP contribution < -0.4 is 10.6 Å². The SMILES string of the molecule is C=C.C=CCC/C=C1/C=CC(C)=C(C(C)(CCCCCC=C)C(=C)/C=C/C=C/C=C/C=C2\N(CCCCCC)c3ccc4ccccc4c3C2(C)C)C1.C=O.CCCCCS.CN. The van der Waals surface area contributed by atoms with Crippen molar-refractivity contribution in [3.63, 3.8) is 0 Å². The molecule has 0 spiro atoms. The third-order valence-corrected chi connectivity index (χ3v) is 12.2. The van der Waals surface area contributed by atoms with Crippen LogP contribution in [0, 0.1) is 5.41 Å². The molecule has 0 amide bonds. The monoisotopic (exact) mass is 873 g/mol. The molecule has 0 radical (unpaired) electrons. The molecule has 1 atom stereocenters. The molecule has 0 aromatic heterocycles. The number of nitrogens with two attached hydrogens (primary N) is 1. The highest BCUT2D eigenvalue weighted by Crippen LogP contribution is 2.51. The predicted octanol–water partition coefficient (Wildman–Crippen LogP) is 17.2. The van der Waals surface area contributed by atoms with E-state index in [2.05, 4.69) is 195 Å². The Kier molecular flexibility index (Phi) is 32.6. The van der Waals surface area contributed by atoms with Crippen molar-refractivity contribution in [2.24, 2.45) is 11.1 Å². The first-order valence-corrected chi connectivity index (χ1v) is 24.2. The Morgan fingerprint density at radius 2 is 1.44 bits per heavy atom. The van der Waals surface area contributed by atoms with Gasteiger partial charge >= 0.3 is 0 Å². The van der Waals surface area contributed by atoms with E-state index in [1.165, 1.54) is 121 Å². The molecule has 0 saturated carbocycles. The van der Waals surface area contributed by atoms with Crippen LogP contribution in [0.1, 0.15) is 143 Å². The Morgan fingerprint density at radius 1 is 0.810 bits per heavy atom. The van der Waals surface area contributed by atoms with Gasteiger partial charge in [-0.15, -0.1) is 26.3 Å². The molecule has 1 heterocycles. The fraction of sp³-hybridized carbons (Fsp3) is 0.441. The molecule has 4 rings (SSSR count). The minimum atomic E-state index is -0.0844. The quantitative estimate of drug-likeness (QED) is 0.0506. The zero-order chi connectivity index (χ0) is 47.5. The van der Waals surface area contributed by atoms with Crippen molar-refractivity contribution >= 4 is 35.9 Å². The van der Waals surface area contributed by atoms with E-state index < -0.39 is 0 Å². The van der Waals surface area contributed by atoms with Crippen LogP contribution in [0.5, 0.6) is 0 Å². The summed E-state index contributed by atoms with van der Waals surface area (Å²) in [5, 5.41) is 2.69. The number of rotatable bonds is 23. The molecule has 3 nitrogen and oxygen atoms in total. The van der Waals surface area contributed by atoms with Gasteiger partial charge in [-0.05, 0) is 111 Å². The van der Waals surface area contributed by atoms with E-state index in [9.17, 15) is 0 Å². The highest BCUT2D eigenvalue weighted by Gasteiger charge is 2.40. The lowest BCUT2D eigenvalue weighted by Crippen LogP contribution is -2.27. The maximum atomic E-state index is 8.00. The van der Waals surface area contributed by atoms with Crippen molar-refractivity contribution in [3.05, 3.63) is 176 Å². The maximum Gasteiger partial charge on any atom is 0.106 e. The summed E-state index contributed by atoms with van der Waals surface area (Å²) in [7, 11) is 1.50. The Morgan fingerprint density at radius 3 is 2.10 bits per heavy atom. The van der Waals surface area contributed by atoms with E-state index in [0.717, 1.165) is 44.4 Å². The van der Waals surface area contributed by atoms with Gasteiger partial charge < -0.3 is 15.4 Å². The average Bonchev–Trinajstić information content (AvgIpc) is 3.53. The first kappa shape index (κ1) is 58.6. The van der Waals surface area contributed by atoms with Crippen molar-refractivity contribution in [1.29, 1.82) is 0 Å². The van der Waals surface area contributed by atoms with Gasteiger partial charge in [0.05, 0.1) is 0 Å². The molecular formula is C59H88N2OS. The van der Waals surface area contributed by atoms with Crippen molar-refractivity contribution in [3.8, 4) is 0 Å². The zero-order valence-electron chi connectivity index (χ0n) is 41.0. The summed E-state index contributed by atoms with van der Waals surface area (Å²) in [6.45, 7) is 35.5. The van der Waals surface area contributed by atoms with Crippen LogP contribution >= 0.6 is 12.6 Å². The summed E-state index contributed by atoms with van der Waals surface area (Å²) in [5.41, 5.74) is 14.0. The van der Waals surface area contributed by atoms with Crippen molar-refractivity contribution in [1.82, 2.24) is 0 Å². The number of anilines is 1. The number of unbranched alkanes of at least 4 members (excludes halogenated alkanes) is 9.